The summed E-state index contributed by atoms with van der Waals surface area (Å²) >= 11 is 1.56. The molecule has 1 heterocycles. The number of phenols is 1. The minimum Gasteiger partial charge on any atom is -0.508 e. The molecule has 0 aliphatic carbocycles. The molecule has 0 saturated carbocycles. The van der Waals surface area contributed by atoms with Crippen molar-refractivity contribution >= 4 is 17.7 Å². The van der Waals surface area contributed by atoms with E-state index in [4.69, 9.17) is 4.74 Å². The van der Waals surface area contributed by atoms with Crippen LogP contribution in [0.3, 0.4) is 0 Å². The third-order valence-corrected chi connectivity index (χ3v) is 5.62. The first-order valence-corrected chi connectivity index (χ1v) is 9.90. The lowest BCUT2D eigenvalue weighted by Crippen LogP contribution is -2.40. The molecule has 138 valence electrons. The molecule has 1 aliphatic heterocycles. The number of benzene rings is 2. The van der Waals surface area contributed by atoms with Crippen molar-refractivity contribution in [2.75, 3.05) is 13.2 Å². The fourth-order valence-electron chi connectivity index (χ4n) is 3.13. The van der Waals surface area contributed by atoms with E-state index in [9.17, 15) is 9.90 Å². The fourth-order valence-corrected chi connectivity index (χ4v) is 4.10. The lowest BCUT2D eigenvalue weighted by atomic mass is 10.1. The van der Waals surface area contributed by atoms with E-state index in [-0.39, 0.29) is 23.0 Å². The molecule has 26 heavy (non-hydrogen) atoms. The molecule has 0 radical (unpaired) electrons. The molecule has 1 amide bonds. The predicted molar refractivity (Wildman–Crippen MR) is 104 cm³/mol. The number of carbonyl (C=O) groups excluding carboxylic acids is 1. The second-order valence-corrected chi connectivity index (χ2v) is 7.97. The Labute approximate surface area is 159 Å². The van der Waals surface area contributed by atoms with Crippen LogP contribution in [-0.2, 0) is 16.1 Å². The predicted octanol–water partition coefficient (Wildman–Crippen LogP) is 4.08. The van der Waals surface area contributed by atoms with Gasteiger partial charge in [0.2, 0.25) is 5.91 Å². The number of hydrogen-bond acceptors (Lipinski definition) is 4. The molecule has 0 spiro atoms. The lowest BCUT2D eigenvalue weighted by Gasteiger charge is -2.28. The zero-order valence-electron chi connectivity index (χ0n) is 15.0. The Morgan fingerprint density at radius 3 is 2.65 bits per heavy atom. The van der Waals surface area contributed by atoms with Crippen molar-refractivity contribution < 1.29 is 14.6 Å². The first-order valence-electron chi connectivity index (χ1n) is 9.02. The molecule has 5 heteroatoms. The van der Waals surface area contributed by atoms with Crippen LogP contribution in [0, 0.1) is 0 Å². The largest absolute Gasteiger partial charge is 0.508 e. The number of aromatic hydroxyl groups is 1. The van der Waals surface area contributed by atoms with Gasteiger partial charge >= 0.3 is 0 Å². The maximum absolute atomic E-state index is 13.1. The molecule has 2 unspecified atom stereocenters. The van der Waals surface area contributed by atoms with Crippen molar-refractivity contribution in [3.63, 3.8) is 0 Å². The van der Waals surface area contributed by atoms with Gasteiger partial charge in [-0.2, -0.15) is 0 Å². The van der Waals surface area contributed by atoms with Crippen molar-refractivity contribution in [3.05, 3.63) is 60.2 Å². The van der Waals surface area contributed by atoms with Gasteiger partial charge in [0.1, 0.15) is 5.75 Å². The monoisotopic (exact) mass is 371 g/mol. The van der Waals surface area contributed by atoms with Crippen LogP contribution in [0.15, 0.2) is 59.5 Å². The highest BCUT2D eigenvalue weighted by molar-refractivity contribution is 8.00. The van der Waals surface area contributed by atoms with Gasteiger partial charge in [0.05, 0.1) is 11.4 Å². The van der Waals surface area contributed by atoms with Gasteiger partial charge < -0.3 is 14.7 Å². The second kappa shape index (κ2) is 9.10. The summed E-state index contributed by atoms with van der Waals surface area (Å²) in [5.74, 6) is 0.290. The zero-order valence-corrected chi connectivity index (χ0v) is 15.8. The van der Waals surface area contributed by atoms with Crippen molar-refractivity contribution in [1.82, 2.24) is 4.90 Å². The highest BCUT2D eigenvalue weighted by Gasteiger charge is 2.27. The van der Waals surface area contributed by atoms with Gasteiger partial charge in [-0.25, -0.2) is 0 Å². The molecule has 1 N–H and O–H groups in total. The maximum Gasteiger partial charge on any atom is 0.236 e. The van der Waals surface area contributed by atoms with Crippen LogP contribution in [0.4, 0.5) is 0 Å². The van der Waals surface area contributed by atoms with E-state index in [0.29, 0.717) is 13.1 Å². The number of phenolic OH excluding ortho intramolecular Hbond substituents is 1. The van der Waals surface area contributed by atoms with Crippen molar-refractivity contribution in [3.8, 4) is 5.75 Å². The first kappa shape index (κ1) is 18.8. The number of nitrogens with zero attached hydrogens (tertiary/aromatic N) is 1. The second-order valence-electron chi connectivity index (χ2n) is 6.56. The number of para-hydroxylation sites is 1. The fraction of sp³-hybridized carbons (Fsp3) is 0.381. The van der Waals surface area contributed by atoms with Gasteiger partial charge in [-0.1, -0.05) is 36.4 Å². The highest BCUT2D eigenvalue weighted by atomic mass is 32.2. The summed E-state index contributed by atoms with van der Waals surface area (Å²) in [4.78, 5) is 16.0. The third-order valence-electron chi connectivity index (χ3n) is 4.52. The highest BCUT2D eigenvalue weighted by Crippen LogP contribution is 2.26. The molecule has 1 aliphatic rings. The molecule has 0 aromatic heterocycles. The van der Waals surface area contributed by atoms with E-state index in [1.54, 1.807) is 23.9 Å². The number of carbonyl (C=O) groups is 1. The van der Waals surface area contributed by atoms with E-state index < -0.39 is 0 Å². The molecule has 2 aromatic rings. The summed E-state index contributed by atoms with van der Waals surface area (Å²) in [6.45, 7) is 3.66. The van der Waals surface area contributed by atoms with Crippen molar-refractivity contribution in [1.29, 1.82) is 0 Å². The molecule has 1 fully saturated rings. The average Bonchev–Trinajstić information content (AvgIpc) is 3.16. The normalized spacial score (nSPS) is 17.8. The Morgan fingerprint density at radius 2 is 1.96 bits per heavy atom. The zero-order chi connectivity index (χ0) is 18.4. The van der Waals surface area contributed by atoms with E-state index in [1.165, 1.54) is 0 Å². The molecule has 4 nitrogen and oxygen atoms in total. The van der Waals surface area contributed by atoms with Crippen LogP contribution in [0.1, 0.15) is 25.3 Å². The van der Waals surface area contributed by atoms with Crippen molar-refractivity contribution in [2.45, 2.75) is 42.6 Å². The molecular weight excluding hydrogens is 346 g/mol. The van der Waals surface area contributed by atoms with E-state index >= 15 is 0 Å². The number of amides is 1. The SMILES string of the molecule is CC(Sc1ccccc1)C(=O)N(Cc1ccccc1O)CC1CCCO1. The van der Waals surface area contributed by atoms with E-state index in [1.807, 2.05) is 54.3 Å². The molecule has 3 rings (SSSR count). The minimum absolute atomic E-state index is 0.0672. The van der Waals surface area contributed by atoms with E-state index in [2.05, 4.69) is 0 Å². The molecule has 1 saturated heterocycles. The van der Waals surface area contributed by atoms with E-state index in [0.717, 1.165) is 29.9 Å². The lowest BCUT2D eigenvalue weighted by molar-refractivity contribution is -0.132. The maximum atomic E-state index is 13.1. The summed E-state index contributed by atoms with van der Waals surface area (Å²) in [7, 11) is 0. The summed E-state index contributed by atoms with van der Waals surface area (Å²) in [6, 6.07) is 17.1. The quantitative estimate of drug-likeness (QED) is 0.745. The van der Waals surface area contributed by atoms with Gasteiger partial charge in [0, 0.05) is 30.2 Å². The van der Waals surface area contributed by atoms with Gasteiger partial charge in [-0.3, -0.25) is 4.79 Å². The molecule has 2 aromatic carbocycles. The summed E-state index contributed by atoms with van der Waals surface area (Å²) < 4.78 is 5.74. The molecular formula is C21H25NO3S. The van der Waals surface area contributed by atoms with Crippen LogP contribution in [0.2, 0.25) is 0 Å². The van der Waals surface area contributed by atoms with Crippen LogP contribution in [0.5, 0.6) is 5.75 Å². The van der Waals surface area contributed by atoms with Crippen LogP contribution in [-0.4, -0.2) is 40.4 Å². The third kappa shape index (κ3) is 5.02. The van der Waals surface area contributed by atoms with Crippen LogP contribution in [0.25, 0.3) is 0 Å². The standard InChI is InChI=1S/C21H25NO3S/c1-16(26-19-10-3-2-4-11-19)21(24)22(15-18-9-7-13-25-18)14-17-8-5-6-12-20(17)23/h2-6,8,10-12,16,18,23H,7,9,13-15H2,1H3. The number of rotatable bonds is 7. The van der Waals surface area contributed by atoms with Crippen molar-refractivity contribution in [2.24, 2.45) is 0 Å². The van der Waals surface area contributed by atoms with Crippen LogP contribution < -0.4 is 0 Å². The smallest absolute Gasteiger partial charge is 0.236 e. The number of ether oxygens (including phenoxy) is 1. The average molecular weight is 372 g/mol. The summed E-state index contributed by atoms with van der Waals surface area (Å²) in [6.07, 6.45) is 2.10. The Morgan fingerprint density at radius 1 is 1.23 bits per heavy atom. The minimum atomic E-state index is -0.204. The number of thioether (sulfide) groups is 1. The Hall–Kier alpha value is -1.98. The number of hydrogen-bond donors (Lipinski definition) is 1. The van der Waals surface area contributed by atoms with Gasteiger partial charge in [-0.15, -0.1) is 11.8 Å². The summed E-state index contributed by atoms with van der Waals surface area (Å²) in [5, 5.41) is 9.90. The Balaban J connectivity index is 1.72. The Kier molecular flexibility index (Phi) is 6.58. The topological polar surface area (TPSA) is 49.8 Å². The van der Waals surface area contributed by atoms with Gasteiger partial charge in [0.15, 0.2) is 0 Å². The Bertz CT molecular complexity index is 716. The summed E-state index contributed by atoms with van der Waals surface area (Å²) in [5.41, 5.74) is 0.760. The first-order chi connectivity index (χ1) is 12.6. The van der Waals surface area contributed by atoms with Gasteiger partial charge in [-0.05, 0) is 38.0 Å². The van der Waals surface area contributed by atoms with Gasteiger partial charge in [0.25, 0.3) is 0 Å². The van der Waals surface area contributed by atoms with Crippen LogP contribution >= 0.6 is 11.8 Å². The molecule has 2 atom stereocenters. The molecule has 0 bridgehead atoms.